The number of tetrazole rings is 1. The van der Waals surface area contributed by atoms with Crippen LogP contribution in [0.3, 0.4) is 0 Å². The molecule has 1 aromatic carbocycles. The van der Waals surface area contributed by atoms with Crippen LogP contribution in [0.4, 0.5) is 13.6 Å². The van der Waals surface area contributed by atoms with Gasteiger partial charge in [0.25, 0.3) is 0 Å². The van der Waals surface area contributed by atoms with Gasteiger partial charge in [-0.25, -0.2) is 18.6 Å². The van der Waals surface area contributed by atoms with Crippen molar-refractivity contribution in [1.29, 1.82) is 0 Å². The van der Waals surface area contributed by atoms with Crippen molar-refractivity contribution >= 4 is 29.2 Å². The Balaban J connectivity index is 1.29. The summed E-state index contributed by atoms with van der Waals surface area (Å²) in [7, 11) is 0. The highest BCUT2D eigenvalue weighted by Crippen LogP contribution is 2.44. The summed E-state index contributed by atoms with van der Waals surface area (Å²) in [5.41, 5.74) is 6.43. The molecule has 5 heterocycles. The number of rotatable bonds is 6. The van der Waals surface area contributed by atoms with Crippen LogP contribution in [0.5, 0.6) is 0 Å². The van der Waals surface area contributed by atoms with E-state index in [0.717, 1.165) is 0 Å². The summed E-state index contributed by atoms with van der Waals surface area (Å²) in [4.78, 5) is 37.5. The summed E-state index contributed by atoms with van der Waals surface area (Å²) >= 11 is 6.09. The zero-order valence-corrected chi connectivity index (χ0v) is 21.3. The van der Waals surface area contributed by atoms with Gasteiger partial charge in [0.2, 0.25) is 5.91 Å². The lowest BCUT2D eigenvalue weighted by atomic mass is 9.92. The fraction of sp³-hybridized carbons (Fsp3) is 0.240. The fourth-order valence-electron chi connectivity index (χ4n) is 5.28. The van der Waals surface area contributed by atoms with Gasteiger partial charge < -0.3 is 20.4 Å². The highest BCUT2D eigenvalue weighted by molar-refractivity contribution is 6.31. The van der Waals surface area contributed by atoms with Crippen LogP contribution in [0.1, 0.15) is 42.4 Å². The number of ether oxygens (including phenoxy) is 1. The van der Waals surface area contributed by atoms with Crippen molar-refractivity contribution < 1.29 is 23.1 Å². The standard InChI is InChI=1S/C25H20ClF2N9O3/c26-15-2-4-18(36-11-32-34-35-36)21(23(15)28)12-7-13-1-3-19(37(13)20(38)8-12)24-31-9-16(33-24)14-5-6-30-17(22(14)27)10-40-25(29)39/h2,4-6,8-9,11,13,19H,1,3,7,10H2,(H2,29,39)(H,31,33)/t13?,19-/m0/s1. The summed E-state index contributed by atoms with van der Waals surface area (Å²) in [6, 6.07) is 3.85. The highest BCUT2D eigenvalue weighted by Gasteiger charge is 2.42. The molecule has 2 amide bonds. The Hall–Kier alpha value is -4.72. The summed E-state index contributed by atoms with van der Waals surface area (Å²) < 4.78 is 36.3. The van der Waals surface area contributed by atoms with E-state index in [-0.39, 0.29) is 33.8 Å². The molecular weight excluding hydrogens is 548 g/mol. The third-order valence-corrected chi connectivity index (χ3v) is 7.31. The maximum Gasteiger partial charge on any atom is 0.404 e. The Labute approximate surface area is 229 Å². The number of carbonyl (C=O) groups is 2. The van der Waals surface area contributed by atoms with Crippen molar-refractivity contribution in [3.8, 4) is 16.9 Å². The number of imidazole rings is 1. The topological polar surface area (TPSA) is 158 Å². The molecule has 4 aromatic rings. The molecule has 0 bridgehead atoms. The van der Waals surface area contributed by atoms with E-state index in [1.165, 1.54) is 41.6 Å². The van der Waals surface area contributed by atoms with Gasteiger partial charge in [-0.1, -0.05) is 11.6 Å². The average Bonchev–Trinajstić information content (AvgIpc) is 3.70. The van der Waals surface area contributed by atoms with Gasteiger partial charge in [-0.05, 0) is 53.5 Å². The van der Waals surface area contributed by atoms with Crippen LogP contribution >= 0.6 is 11.6 Å². The van der Waals surface area contributed by atoms with E-state index in [1.54, 1.807) is 11.0 Å². The molecule has 3 aromatic heterocycles. The number of pyridine rings is 1. The van der Waals surface area contributed by atoms with E-state index < -0.39 is 30.4 Å². The predicted octanol–water partition coefficient (Wildman–Crippen LogP) is 3.49. The second-order valence-corrected chi connectivity index (χ2v) is 9.69. The normalized spacial score (nSPS) is 18.5. The fourth-order valence-corrected chi connectivity index (χ4v) is 5.44. The van der Waals surface area contributed by atoms with Crippen LogP contribution in [0.25, 0.3) is 22.5 Å². The molecule has 0 aliphatic carbocycles. The first-order valence-electron chi connectivity index (χ1n) is 12.2. The minimum atomic E-state index is -1.04. The molecule has 15 heteroatoms. The van der Waals surface area contributed by atoms with Crippen LogP contribution < -0.4 is 5.73 Å². The van der Waals surface area contributed by atoms with Gasteiger partial charge in [-0.2, -0.15) is 4.68 Å². The SMILES string of the molecule is NC(=O)OCc1nccc(-c2cnc([C@@H]3CCC4CC(c5c(-n6cnnn6)ccc(Cl)c5F)=CC(=O)N43)[nH]2)c1F. The summed E-state index contributed by atoms with van der Waals surface area (Å²) in [6.45, 7) is -0.417. The summed E-state index contributed by atoms with van der Waals surface area (Å²) in [5.74, 6) is -1.17. The van der Waals surface area contributed by atoms with Crippen LogP contribution in [0.15, 0.2) is 43.0 Å². The molecule has 12 nitrogen and oxygen atoms in total. The smallest absolute Gasteiger partial charge is 0.404 e. The number of aromatic nitrogens is 7. The molecule has 0 saturated carbocycles. The van der Waals surface area contributed by atoms with Crippen LogP contribution in [0, 0.1) is 11.6 Å². The van der Waals surface area contributed by atoms with Crippen LogP contribution in [0.2, 0.25) is 5.02 Å². The van der Waals surface area contributed by atoms with Gasteiger partial charge in [0.05, 0.1) is 28.6 Å². The van der Waals surface area contributed by atoms with Crippen molar-refractivity contribution in [1.82, 2.24) is 40.1 Å². The Morgan fingerprint density at radius 3 is 2.83 bits per heavy atom. The number of aromatic amines is 1. The van der Waals surface area contributed by atoms with Crippen molar-refractivity contribution in [3.63, 3.8) is 0 Å². The summed E-state index contributed by atoms with van der Waals surface area (Å²) in [6.07, 6.45) is 6.16. The number of nitrogens with two attached hydrogens (primary N) is 1. The quantitative estimate of drug-likeness (QED) is 0.358. The van der Waals surface area contributed by atoms with E-state index in [9.17, 15) is 9.59 Å². The van der Waals surface area contributed by atoms with Gasteiger partial charge in [0.1, 0.15) is 24.5 Å². The molecule has 2 atom stereocenters. The third-order valence-electron chi connectivity index (χ3n) is 7.01. The first kappa shape index (κ1) is 25.6. The van der Waals surface area contributed by atoms with E-state index in [0.29, 0.717) is 42.0 Å². The molecule has 0 radical (unpaired) electrons. The minimum absolute atomic E-state index is 0.0808. The van der Waals surface area contributed by atoms with E-state index in [2.05, 4.69) is 35.2 Å². The Bertz CT molecular complexity index is 1660. The summed E-state index contributed by atoms with van der Waals surface area (Å²) in [5, 5.41) is 11.0. The lowest BCUT2D eigenvalue weighted by Crippen LogP contribution is -2.39. The van der Waals surface area contributed by atoms with Crippen LogP contribution in [-0.2, 0) is 16.1 Å². The molecule has 6 rings (SSSR count). The number of primary amides is 1. The monoisotopic (exact) mass is 567 g/mol. The van der Waals surface area contributed by atoms with Gasteiger partial charge in [0, 0.05) is 29.4 Å². The van der Waals surface area contributed by atoms with Gasteiger partial charge in [0.15, 0.2) is 11.6 Å². The number of H-pyrrole nitrogens is 1. The van der Waals surface area contributed by atoms with Crippen molar-refractivity contribution in [3.05, 3.63) is 76.7 Å². The van der Waals surface area contributed by atoms with E-state index >= 15 is 8.78 Å². The van der Waals surface area contributed by atoms with Gasteiger partial charge >= 0.3 is 6.09 Å². The van der Waals surface area contributed by atoms with Crippen molar-refractivity contribution in [2.75, 3.05) is 0 Å². The van der Waals surface area contributed by atoms with E-state index in [1.807, 2.05) is 0 Å². The third kappa shape index (κ3) is 4.45. The van der Waals surface area contributed by atoms with Crippen molar-refractivity contribution in [2.45, 2.75) is 38.0 Å². The molecule has 0 spiro atoms. The molecule has 1 unspecified atom stereocenters. The Morgan fingerprint density at radius 1 is 1.20 bits per heavy atom. The average molecular weight is 568 g/mol. The Morgan fingerprint density at radius 2 is 2.05 bits per heavy atom. The number of fused-ring (bicyclic) bond motifs is 1. The number of carbonyl (C=O) groups excluding carboxylic acids is 2. The van der Waals surface area contributed by atoms with Crippen LogP contribution in [-0.4, -0.2) is 58.1 Å². The lowest BCUT2D eigenvalue weighted by Gasteiger charge is -2.33. The second-order valence-electron chi connectivity index (χ2n) is 9.29. The first-order valence-corrected chi connectivity index (χ1v) is 12.5. The molecule has 2 aliphatic rings. The molecule has 3 N–H and O–H groups in total. The maximum absolute atomic E-state index is 15.3. The molecule has 40 heavy (non-hydrogen) atoms. The van der Waals surface area contributed by atoms with Gasteiger partial charge in [-0.15, -0.1) is 5.10 Å². The molecule has 204 valence electrons. The van der Waals surface area contributed by atoms with E-state index in [4.69, 9.17) is 17.3 Å². The maximum atomic E-state index is 15.3. The number of amides is 2. The number of hydrogen-bond acceptors (Lipinski definition) is 8. The Kier molecular flexibility index (Phi) is 6.46. The van der Waals surface area contributed by atoms with Gasteiger partial charge in [-0.3, -0.25) is 9.78 Å². The highest BCUT2D eigenvalue weighted by atomic mass is 35.5. The zero-order valence-electron chi connectivity index (χ0n) is 20.6. The first-order chi connectivity index (χ1) is 19.3. The predicted molar refractivity (Wildman–Crippen MR) is 135 cm³/mol. The number of nitrogens with zero attached hydrogens (tertiary/aromatic N) is 7. The minimum Gasteiger partial charge on any atom is -0.443 e. The van der Waals surface area contributed by atoms with Crippen molar-refractivity contribution in [2.24, 2.45) is 5.73 Å². The largest absolute Gasteiger partial charge is 0.443 e. The molecule has 1 saturated heterocycles. The number of hydrogen-bond donors (Lipinski definition) is 2. The zero-order chi connectivity index (χ0) is 28.0. The number of nitrogens with one attached hydrogen (secondary N) is 1. The lowest BCUT2D eigenvalue weighted by molar-refractivity contribution is -0.129. The number of halogens is 3. The molecular formula is C25H20ClF2N9O3. The molecule has 1 fully saturated rings. The molecule has 2 aliphatic heterocycles. The second kappa shape index (κ2) is 10.1. The number of benzene rings is 1.